The Kier molecular flexibility index (Phi) is 4.34. The highest BCUT2D eigenvalue weighted by molar-refractivity contribution is 5.72. The van der Waals surface area contributed by atoms with Gasteiger partial charge in [0.2, 0.25) is 0 Å². The van der Waals surface area contributed by atoms with Crippen molar-refractivity contribution in [1.82, 2.24) is 0 Å². The lowest BCUT2D eigenvalue weighted by Gasteiger charge is -2.04. The molecule has 0 N–H and O–H groups in total. The Hall–Kier alpha value is -1.52. The van der Waals surface area contributed by atoms with Crippen LogP contribution in [0.2, 0.25) is 0 Å². The van der Waals surface area contributed by atoms with E-state index >= 15 is 0 Å². The van der Waals surface area contributed by atoms with Crippen LogP contribution in [0.5, 0.6) is 5.75 Å². The molecule has 2 nitrogen and oxygen atoms in total. The van der Waals surface area contributed by atoms with E-state index in [2.05, 4.69) is 4.74 Å². The molecule has 1 rings (SSSR count). The zero-order valence-electron chi connectivity index (χ0n) is 8.73. The maximum Gasteiger partial charge on any atom is 0.311 e. The minimum atomic E-state index is -1.58. The molecular weight excluding hydrogens is 221 g/mol. The SMILES string of the molecule is CCCCC(=O)Oc1cc(F)c(F)c(F)c1. The van der Waals surface area contributed by atoms with Crippen LogP contribution in [-0.2, 0) is 4.79 Å². The van der Waals surface area contributed by atoms with Gasteiger partial charge in [-0.15, -0.1) is 0 Å². The summed E-state index contributed by atoms with van der Waals surface area (Å²) >= 11 is 0. The molecule has 0 aliphatic heterocycles. The van der Waals surface area contributed by atoms with E-state index in [1.54, 1.807) is 0 Å². The van der Waals surface area contributed by atoms with E-state index in [4.69, 9.17) is 0 Å². The van der Waals surface area contributed by atoms with Gasteiger partial charge in [-0.3, -0.25) is 4.79 Å². The molecule has 0 amide bonds. The number of esters is 1. The molecule has 0 aliphatic rings. The standard InChI is InChI=1S/C11H11F3O2/c1-2-3-4-10(15)16-7-5-8(12)11(14)9(13)6-7/h5-6H,2-4H2,1H3. The third-order valence-corrected chi connectivity index (χ3v) is 1.92. The minimum absolute atomic E-state index is 0.164. The number of hydrogen-bond acceptors (Lipinski definition) is 2. The Bertz CT molecular complexity index is 368. The van der Waals surface area contributed by atoms with Crippen LogP contribution in [0.1, 0.15) is 26.2 Å². The third-order valence-electron chi connectivity index (χ3n) is 1.92. The van der Waals surface area contributed by atoms with Gasteiger partial charge < -0.3 is 4.74 Å². The normalized spacial score (nSPS) is 10.2. The Morgan fingerprint density at radius 1 is 1.25 bits per heavy atom. The van der Waals surface area contributed by atoms with Crippen LogP contribution in [0.4, 0.5) is 13.2 Å². The van der Waals surface area contributed by atoms with Crippen LogP contribution in [0.25, 0.3) is 0 Å². The predicted octanol–water partition coefficient (Wildman–Crippen LogP) is 3.20. The van der Waals surface area contributed by atoms with Gasteiger partial charge in [-0.25, -0.2) is 13.2 Å². The second kappa shape index (κ2) is 5.53. The van der Waals surface area contributed by atoms with Gasteiger partial charge in [-0.05, 0) is 6.42 Å². The molecule has 0 unspecified atom stereocenters. The fraction of sp³-hybridized carbons (Fsp3) is 0.364. The van der Waals surface area contributed by atoms with Crippen LogP contribution >= 0.6 is 0 Å². The van der Waals surface area contributed by atoms with Crippen molar-refractivity contribution in [3.05, 3.63) is 29.6 Å². The van der Waals surface area contributed by atoms with E-state index < -0.39 is 23.4 Å². The van der Waals surface area contributed by atoms with E-state index in [9.17, 15) is 18.0 Å². The summed E-state index contributed by atoms with van der Waals surface area (Å²) < 4.78 is 42.7. The van der Waals surface area contributed by atoms with Crippen LogP contribution in [0, 0.1) is 17.5 Å². The molecule has 0 radical (unpaired) electrons. The molecule has 0 bridgehead atoms. The van der Waals surface area contributed by atoms with Crippen molar-refractivity contribution < 1.29 is 22.7 Å². The Morgan fingerprint density at radius 3 is 2.31 bits per heavy atom. The number of carbonyl (C=O) groups is 1. The molecule has 1 aromatic rings. The highest BCUT2D eigenvalue weighted by Crippen LogP contribution is 2.19. The highest BCUT2D eigenvalue weighted by atomic mass is 19.2. The summed E-state index contributed by atoms with van der Waals surface area (Å²) in [4.78, 5) is 11.1. The molecule has 1 aromatic carbocycles. The number of halogens is 3. The number of unbranched alkanes of at least 4 members (excludes halogenated alkanes) is 1. The monoisotopic (exact) mass is 232 g/mol. The Morgan fingerprint density at radius 2 is 1.81 bits per heavy atom. The molecule has 0 aliphatic carbocycles. The highest BCUT2D eigenvalue weighted by Gasteiger charge is 2.13. The molecule has 0 heterocycles. The van der Waals surface area contributed by atoms with Crippen LogP contribution in [0.3, 0.4) is 0 Å². The van der Waals surface area contributed by atoms with Crippen LogP contribution < -0.4 is 4.74 Å². The molecule has 5 heteroatoms. The smallest absolute Gasteiger partial charge is 0.311 e. The Labute approximate surface area is 91.0 Å². The first-order valence-corrected chi connectivity index (χ1v) is 4.89. The summed E-state index contributed by atoms with van der Waals surface area (Å²) in [6.07, 6.45) is 1.60. The number of ether oxygens (including phenoxy) is 1. The van der Waals surface area contributed by atoms with Gasteiger partial charge in [0.15, 0.2) is 17.5 Å². The van der Waals surface area contributed by atoms with Crippen molar-refractivity contribution in [2.24, 2.45) is 0 Å². The molecule has 88 valence electrons. The van der Waals surface area contributed by atoms with Gasteiger partial charge in [-0.2, -0.15) is 0 Å². The van der Waals surface area contributed by atoms with Crippen molar-refractivity contribution in [1.29, 1.82) is 0 Å². The number of hydrogen-bond donors (Lipinski definition) is 0. The van der Waals surface area contributed by atoms with E-state index in [0.717, 1.165) is 6.42 Å². The van der Waals surface area contributed by atoms with E-state index in [-0.39, 0.29) is 12.2 Å². The van der Waals surface area contributed by atoms with Gasteiger partial charge in [-0.1, -0.05) is 13.3 Å². The van der Waals surface area contributed by atoms with Crippen molar-refractivity contribution in [3.63, 3.8) is 0 Å². The van der Waals surface area contributed by atoms with Crippen LogP contribution in [0.15, 0.2) is 12.1 Å². The average Bonchev–Trinajstić information content (AvgIpc) is 2.23. The molecule has 0 spiro atoms. The number of carbonyl (C=O) groups excluding carboxylic acids is 1. The molecule has 0 saturated carbocycles. The summed E-state index contributed by atoms with van der Waals surface area (Å²) in [6, 6.07) is 1.28. The topological polar surface area (TPSA) is 26.3 Å². The first-order valence-electron chi connectivity index (χ1n) is 4.89. The van der Waals surface area contributed by atoms with E-state index in [1.165, 1.54) is 0 Å². The quantitative estimate of drug-likeness (QED) is 0.452. The predicted molar refractivity (Wildman–Crippen MR) is 51.5 cm³/mol. The van der Waals surface area contributed by atoms with E-state index in [1.807, 2.05) is 6.92 Å². The third kappa shape index (κ3) is 3.25. The Balaban J connectivity index is 2.71. The summed E-state index contributed by atoms with van der Waals surface area (Å²) in [5.41, 5.74) is 0. The molecule has 0 atom stereocenters. The lowest BCUT2D eigenvalue weighted by Crippen LogP contribution is -2.08. The van der Waals surface area contributed by atoms with Crippen molar-refractivity contribution in [3.8, 4) is 5.75 Å². The van der Waals surface area contributed by atoms with Gasteiger partial charge in [0.05, 0.1) is 0 Å². The first kappa shape index (κ1) is 12.5. The second-order valence-corrected chi connectivity index (χ2v) is 3.28. The van der Waals surface area contributed by atoms with Gasteiger partial charge in [0.1, 0.15) is 5.75 Å². The first-order chi connectivity index (χ1) is 7.54. The largest absolute Gasteiger partial charge is 0.426 e. The van der Waals surface area contributed by atoms with Crippen LogP contribution in [-0.4, -0.2) is 5.97 Å². The summed E-state index contributed by atoms with van der Waals surface area (Å²) in [7, 11) is 0. The lowest BCUT2D eigenvalue weighted by molar-refractivity contribution is -0.134. The lowest BCUT2D eigenvalue weighted by atomic mass is 10.2. The zero-order chi connectivity index (χ0) is 12.1. The molecular formula is C11H11F3O2. The molecule has 0 saturated heterocycles. The fourth-order valence-electron chi connectivity index (χ4n) is 1.09. The zero-order valence-corrected chi connectivity index (χ0v) is 8.73. The molecule has 0 fully saturated rings. The second-order valence-electron chi connectivity index (χ2n) is 3.28. The number of benzene rings is 1. The summed E-state index contributed by atoms with van der Waals surface area (Å²) in [5, 5.41) is 0. The van der Waals surface area contributed by atoms with Crippen molar-refractivity contribution in [2.45, 2.75) is 26.2 Å². The molecule has 16 heavy (non-hydrogen) atoms. The number of rotatable bonds is 4. The van der Waals surface area contributed by atoms with Gasteiger partial charge >= 0.3 is 5.97 Å². The molecule has 0 aromatic heterocycles. The maximum atomic E-state index is 12.7. The van der Waals surface area contributed by atoms with Crippen molar-refractivity contribution in [2.75, 3.05) is 0 Å². The summed E-state index contributed by atoms with van der Waals surface area (Å²) in [5.74, 6) is -5.24. The minimum Gasteiger partial charge on any atom is -0.426 e. The summed E-state index contributed by atoms with van der Waals surface area (Å²) in [6.45, 7) is 1.89. The average molecular weight is 232 g/mol. The van der Waals surface area contributed by atoms with Gasteiger partial charge in [0, 0.05) is 18.6 Å². The van der Waals surface area contributed by atoms with Crippen molar-refractivity contribution >= 4 is 5.97 Å². The fourth-order valence-corrected chi connectivity index (χ4v) is 1.09. The van der Waals surface area contributed by atoms with E-state index in [0.29, 0.717) is 18.6 Å². The van der Waals surface area contributed by atoms with Gasteiger partial charge in [0.25, 0.3) is 0 Å². The maximum absolute atomic E-state index is 12.7.